The van der Waals surface area contributed by atoms with Crippen LogP contribution in [0.5, 0.6) is 11.5 Å². The van der Waals surface area contributed by atoms with Gasteiger partial charge in [-0.1, -0.05) is 50.3 Å². The molecule has 0 aromatic heterocycles. The quantitative estimate of drug-likeness (QED) is 0.481. The van der Waals surface area contributed by atoms with E-state index in [2.05, 4.69) is 19.2 Å². The second-order valence-electron chi connectivity index (χ2n) is 7.14. The molecule has 0 aliphatic rings. The summed E-state index contributed by atoms with van der Waals surface area (Å²) in [5.41, 5.74) is 2.69. The summed E-state index contributed by atoms with van der Waals surface area (Å²) < 4.78 is 10.8. The summed E-state index contributed by atoms with van der Waals surface area (Å²) in [6.45, 7) is 6.67. The van der Waals surface area contributed by atoms with Crippen LogP contribution in [0.3, 0.4) is 0 Å². The minimum absolute atomic E-state index is 0.0587. The van der Waals surface area contributed by atoms with Crippen LogP contribution in [0.25, 0.3) is 6.08 Å². The molecule has 0 saturated heterocycles. The van der Waals surface area contributed by atoms with Crippen LogP contribution in [-0.4, -0.2) is 32.0 Å². The Morgan fingerprint density at radius 3 is 2.41 bits per heavy atom. The molecule has 29 heavy (non-hydrogen) atoms. The number of ether oxygens (including phenoxy) is 2. The number of hydrogen-bond acceptors (Lipinski definition) is 4. The Morgan fingerprint density at radius 2 is 1.79 bits per heavy atom. The highest BCUT2D eigenvalue weighted by Crippen LogP contribution is 2.28. The van der Waals surface area contributed by atoms with Gasteiger partial charge in [0.2, 0.25) is 0 Å². The Kier molecular flexibility index (Phi) is 8.46. The lowest BCUT2D eigenvalue weighted by Gasteiger charge is -2.11. The van der Waals surface area contributed by atoms with Crippen LogP contribution in [0, 0.1) is 5.92 Å². The van der Waals surface area contributed by atoms with Crippen molar-refractivity contribution in [3.63, 3.8) is 0 Å². The number of carbonyl (C=O) groups excluding carboxylic acids is 2. The third-order valence-corrected chi connectivity index (χ3v) is 4.23. The van der Waals surface area contributed by atoms with E-state index in [4.69, 9.17) is 9.47 Å². The van der Waals surface area contributed by atoms with Crippen molar-refractivity contribution in [2.24, 2.45) is 5.92 Å². The molecule has 2 aromatic rings. The van der Waals surface area contributed by atoms with Gasteiger partial charge in [-0.2, -0.15) is 0 Å². The standard InChI is InChI=1S/C24H29NO4/c1-5-25-24(27)16-29-22-13-9-19(15-23(22)28-4)8-12-21(26)20-10-6-18(7-11-20)14-17(2)3/h6-13,15,17H,5,14,16H2,1-4H3,(H,25,27)/b12-8+. The largest absolute Gasteiger partial charge is 0.493 e. The Labute approximate surface area is 172 Å². The number of ketones is 1. The van der Waals surface area contributed by atoms with Gasteiger partial charge in [-0.05, 0) is 48.6 Å². The normalized spacial score (nSPS) is 10.9. The second-order valence-corrected chi connectivity index (χ2v) is 7.14. The molecule has 0 aliphatic carbocycles. The topological polar surface area (TPSA) is 64.6 Å². The van der Waals surface area contributed by atoms with E-state index in [9.17, 15) is 9.59 Å². The number of hydrogen-bond donors (Lipinski definition) is 1. The number of likely N-dealkylation sites (N-methyl/N-ethyl adjacent to an activating group) is 1. The van der Waals surface area contributed by atoms with Gasteiger partial charge >= 0.3 is 0 Å². The van der Waals surface area contributed by atoms with Gasteiger partial charge < -0.3 is 14.8 Å². The first kappa shape index (κ1) is 22.2. The zero-order valence-corrected chi connectivity index (χ0v) is 17.5. The molecule has 1 amide bonds. The first-order valence-corrected chi connectivity index (χ1v) is 9.81. The first-order valence-electron chi connectivity index (χ1n) is 9.81. The number of carbonyl (C=O) groups is 2. The zero-order valence-electron chi connectivity index (χ0n) is 17.5. The van der Waals surface area contributed by atoms with E-state index >= 15 is 0 Å². The molecule has 2 rings (SSSR count). The van der Waals surface area contributed by atoms with E-state index in [0.717, 1.165) is 12.0 Å². The second kappa shape index (κ2) is 11.1. The molecule has 5 heteroatoms. The zero-order chi connectivity index (χ0) is 21.2. The van der Waals surface area contributed by atoms with Gasteiger partial charge in [0.15, 0.2) is 23.9 Å². The molecule has 0 bridgehead atoms. The summed E-state index contributed by atoms with van der Waals surface area (Å²) in [5, 5.41) is 2.67. The van der Waals surface area contributed by atoms with Gasteiger partial charge in [0, 0.05) is 12.1 Å². The number of amides is 1. The highest BCUT2D eigenvalue weighted by Gasteiger charge is 2.08. The van der Waals surface area contributed by atoms with Gasteiger partial charge in [0.25, 0.3) is 5.91 Å². The molecule has 0 unspecified atom stereocenters. The van der Waals surface area contributed by atoms with Crippen molar-refractivity contribution in [3.05, 3.63) is 65.2 Å². The predicted octanol–water partition coefficient (Wildman–Crippen LogP) is 4.30. The van der Waals surface area contributed by atoms with Crippen LogP contribution in [0.1, 0.15) is 42.3 Å². The number of benzene rings is 2. The van der Waals surface area contributed by atoms with Crippen LogP contribution in [0.15, 0.2) is 48.5 Å². The van der Waals surface area contributed by atoms with Gasteiger partial charge in [-0.15, -0.1) is 0 Å². The smallest absolute Gasteiger partial charge is 0.257 e. The Balaban J connectivity index is 2.03. The lowest BCUT2D eigenvalue weighted by Crippen LogP contribution is -2.28. The molecule has 154 valence electrons. The highest BCUT2D eigenvalue weighted by molar-refractivity contribution is 6.06. The minimum atomic E-state index is -0.191. The summed E-state index contributed by atoms with van der Waals surface area (Å²) >= 11 is 0. The molecule has 0 atom stereocenters. The monoisotopic (exact) mass is 395 g/mol. The average Bonchev–Trinajstić information content (AvgIpc) is 2.71. The predicted molar refractivity (Wildman–Crippen MR) is 116 cm³/mol. The lowest BCUT2D eigenvalue weighted by atomic mass is 10.0. The van der Waals surface area contributed by atoms with Crippen molar-refractivity contribution in [1.29, 1.82) is 0 Å². The maximum atomic E-state index is 12.4. The number of nitrogens with one attached hydrogen (secondary N) is 1. The molecule has 5 nitrogen and oxygen atoms in total. The molecule has 0 spiro atoms. The molecule has 0 aliphatic heterocycles. The van der Waals surface area contributed by atoms with Gasteiger partial charge in [-0.25, -0.2) is 0 Å². The third kappa shape index (κ3) is 7.11. The number of rotatable bonds is 10. The molecule has 0 heterocycles. The van der Waals surface area contributed by atoms with Crippen LogP contribution in [0.2, 0.25) is 0 Å². The van der Waals surface area contributed by atoms with E-state index in [0.29, 0.717) is 29.5 Å². The van der Waals surface area contributed by atoms with Crippen LogP contribution in [-0.2, 0) is 11.2 Å². The van der Waals surface area contributed by atoms with E-state index in [1.54, 1.807) is 24.3 Å². The van der Waals surface area contributed by atoms with Crippen molar-refractivity contribution in [3.8, 4) is 11.5 Å². The molecule has 1 N–H and O–H groups in total. The molecule has 2 aromatic carbocycles. The van der Waals surface area contributed by atoms with Crippen molar-refractivity contribution in [2.75, 3.05) is 20.3 Å². The van der Waals surface area contributed by atoms with Crippen molar-refractivity contribution < 1.29 is 19.1 Å². The van der Waals surface area contributed by atoms with Gasteiger partial charge in [-0.3, -0.25) is 9.59 Å². The summed E-state index contributed by atoms with van der Waals surface area (Å²) in [6, 6.07) is 13.0. The fourth-order valence-corrected chi connectivity index (χ4v) is 2.84. The molecule has 0 radical (unpaired) electrons. The molecule has 0 fully saturated rings. The maximum Gasteiger partial charge on any atom is 0.257 e. The summed E-state index contributed by atoms with van der Waals surface area (Å²) in [4.78, 5) is 24.0. The summed E-state index contributed by atoms with van der Waals surface area (Å²) in [7, 11) is 1.53. The van der Waals surface area contributed by atoms with Crippen LogP contribution in [0.4, 0.5) is 0 Å². The first-order chi connectivity index (χ1) is 13.9. The van der Waals surface area contributed by atoms with Crippen LogP contribution >= 0.6 is 0 Å². The average molecular weight is 395 g/mol. The van der Waals surface area contributed by atoms with Crippen molar-refractivity contribution in [2.45, 2.75) is 27.2 Å². The molecule has 0 saturated carbocycles. The van der Waals surface area contributed by atoms with Crippen molar-refractivity contribution in [1.82, 2.24) is 5.32 Å². The van der Waals surface area contributed by atoms with E-state index in [1.807, 2.05) is 37.3 Å². The van der Waals surface area contributed by atoms with Gasteiger partial charge in [0.05, 0.1) is 7.11 Å². The minimum Gasteiger partial charge on any atom is -0.493 e. The molecular formula is C24H29NO4. The fraction of sp³-hybridized carbons (Fsp3) is 0.333. The van der Waals surface area contributed by atoms with Crippen LogP contribution < -0.4 is 14.8 Å². The number of allylic oxidation sites excluding steroid dienone is 1. The summed E-state index contributed by atoms with van der Waals surface area (Å²) in [6.07, 6.45) is 4.28. The summed E-state index contributed by atoms with van der Waals surface area (Å²) in [5.74, 6) is 1.31. The Hall–Kier alpha value is -3.08. The highest BCUT2D eigenvalue weighted by atomic mass is 16.5. The third-order valence-electron chi connectivity index (χ3n) is 4.23. The molecular weight excluding hydrogens is 366 g/mol. The van der Waals surface area contributed by atoms with Gasteiger partial charge in [0.1, 0.15) is 0 Å². The number of methoxy groups -OCH3 is 1. The Morgan fingerprint density at radius 1 is 1.07 bits per heavy atom. The maximum absolute atomic E-state index is 12.4. The van der Waals surface area contributed by atoms with E-state index in [1.165, 1.54) is 12.7 Å². The van der Waals surface area contributed by atoms with E-state index in [-0.39, 0.29) is 18.3 Å². The lowest BCUT2D eigenvalue weighted by molar-refractivity contribution is -0.123. The van der Waals surface area contributed by atoms with Crippen molar-refractivity contribution >= 4 is 17.8 Å². The fourth-order valence-electron chi connectivity index (χ4n) is 2.84. The Bertz CT molecular complexity index is 854. The van der Waals surface area contributed by atoms with E-state index < -0.39 is 0 Å². The SMILES string of the molecule is CCNC(=O)COc1ccc(/C=C/C(=O)c2ccc(CC(C)C)cc2)cc1OC.